The maximum absolute atomic E-state index is 8.85. The van der Waals surface area contributed by atoms with Crippen molar-refractivity contribution in [1.82, 2.24) is 4.98 Å². The highest BCUT2D eigenvalue weighted by Gasteiger charge is 2.27. The van der Waals surface area contributed by atoms with Gasteiger partial charge in [0, 0.05) is 18.8 Å². The molecule has 1 fully saturated rings. The van der Waals surface area contributed by atoms with Crippen LogP contribution >= 0.6 is 0 Å². The summed E-state index contributed by atoms with van der Waals surface area (Å²) in [6, 6.07) is 4.05. The number of aromatic nitrogens is 1. The molecule has 3 N–H and O–H groups in total. The van der Waals surface area contributed by atoms with E-state index in [1.54, 1.807) is 12.3 Å². The molecule has 0 aliphatic carbocycles. The Balaban J connectivity index is 2.38. The van der Waals surface area contributed by atoms with Crippen molar-refractivity contribution in [2.75, 3.05) is 11.4 Å². The predicted octanol–water partition coefficient (Wildman–Crippen LogP) is 1.80. The number of hydrogen-bond donors (Lipinski definition) is 2. The van der Waals surface area contributed by atoms with Gasteiger partial charge in [-0.1, -0.05) is 12.1 Å². The van der Waals surface area contributed by atoms with E-state index >= 15 is 0 Å². The minimum absolute atomic E-state index is 0.114. The zero-order valence-electron chi connectivity index (χ0n) is 10.9. The first-order valence-electron chi connectivity index (χ1n) is 6.34. The number of anilines is 1. The summed E-state index contributed by atoms with van der Waals surface area (Å²) in [5, 5.41) is 11.9. The summed E-state index contributed by atoms with van der Waals surface area (Å²) in [6.45, 7) is 5.42. The molecule has 0 amide bonds. The number of amidine groups is 1. The molecule has 0 radical (unpaired) electrons. The SMILES string of the molecule is CC1CCCN(c2ncccc2/C(N)=N/O)C1C. The molecule has 2 rings (SSSR count). The average molecular weight is 248 g/mol. The molecule has 2 unspecified atom stereocenters. The third-order valence-electron chi connectivity index (χ3n) is 3.82. The number of rotatable bonds is 2. The Kier molecular flexibility index (Phi) is 3.69. The van der Waals surface area contributed by atoms with E-state index in [-0.39, 0.29) is 5.84 Å². The minimum Gasteiger partial charge on any atom is -0.409 e. The van der Waals surface area contributed by atoms with Crippen LogP contribution in [-0.2, 0) is 0 Å². The van der Waals surface area contributed by atoms with Gasteiger partial charge in [0.1, 0.15) is 5.82 Å². The van der Waals surface area contributed by atoms with Crippen LogP contribution in [-0.4, -0.2) is 28.6 Å². The van der Waals surface area contributed by atoms with E-state index in [4.69, 9.17) is 10.9 Å². The van der Waals surface area contributed by atoms with Gasteiger partial charge in [0.15, 0.2) is 5.84 Å². The maximum Gasteiger partial charge on any atom is 0.173 e. The highest BCUT2D eigenvalue weighted by Crippen LogP contribution is 2.29. The van der Waals surface area contributed by atoms with Crippen LogP contribution in [0.4, 0.5) is 5.82 Å². The van der Waals surface area contributed by atoms with Crippen LogP contribution in [0.1, 0.15) is 32.3 Å². The second-order valence-corrected chi connectivity index (χ2v) is 4.91. The maximum atomic E-state index is 8.85. The Labute approximate surface area is 107 Å². The van der Waals surface area contributed by atoms with Crippen LogP contribution in [0.25, 0.3) is 0 Å². The molecule has 18 heavy (non-hydrogen) atoms. The van der Waals surface area contributed by atoms with Crippen molar-refractivity contribution in [2.24, 2.45) is 16.8 Å². The molecule has 5 nitrogen and oxygen atoms in total. The number of nitrogens with zero attached hydrogens (tertiary/aromatic N) is 3. The second-order valence-electron chi connectivity index (χ2n) is 4.91. The molecule has 1 saturated heterocycles. The van der Waals surface area contributed by atoms with E-state index in [1.807, 2.05) is 6.07 Å². The van der Waals surface area contributed by atoms with E-state index in [0.717, 1.165) is 18.8 Å². The van der Waals surface area contributed by atoms with Crippen molar-refractivity contribution in [3.63, 3.8) is 0 Å². The number of piperidine rings is 1. The fourth-order valence-electron chi connectivity index (χ4n) is 2.51. The van der Waals surface area contributed by atoms with Gasteiger partial charge >= 0.3 is 0 Å². The first-order valence-corrected chi connectivity index (χ1v) is 6.34. The van der Waals surface area contributed by atoms with Gasteiger partial charge in [-0.15, -0.1) is 0 Å². The van der Waals surface area contributed by atoms with Crippen LogP contribution in [0.3, 0.4) is 0 Å². The molecule has 0 spiro atoms. The zero-order chi connectivity index (χ0) is 13.1. The van der Waals surface area contributed by atoms with E-state index in [2.05, 4.69) is 28.9 Å². The van der Waals surface area contributed by atoms with Gasteiger partial charge in [-0.05, 0) is 37.8 Å². The summed E-state index contributed by atoms with van der Waals surface area (Å²) in [5.41, 5.74) is 6.41. The molecular formula is C13H20N4O. The molecule has 0 aromatic carbocycles. The quantitative estimate of drug-likeness (QED) is 0.362. The molecule has 1 aliphatic heterocycles. The fraction of sp³-hybridized carbons (Fsp3) is 0.538. The summed E-state index contributed by atoms with van der Waals surface area (Å²) in [5.74, 6) is 1.55. The molecule has 2 heterocycles. The molecule has 0 saturated carbocycles. The van der Waals surface area contributed by atoms with Crippen LogP contribution in [0, 0.1) is 5.92 Å². The smallest absolute Gasteiger partial charge is 0.173 e. The van der Waals surface area contributed by atoms with Crippen molar-refractivity contribution in [3.05, 3.63) is 23.9 Å². The van der Waals surface area contributed by atoms with Crippen molar-refractivity contribution < 1.29 is 5.21 Å². The topological polar surface area (TPSA) is 74.7 Å². The Bertz CT molecular complexity index is 446. The van der Waals surface area contributed by atoms with E-state index in [1.165, 1.54) is 6.42 Å². The number of hydrogen-bond acceptors (Lipinski definition) is 4. The molecular weight excluding hydrogens is 228 g/mol. The van der Waals surface area contributed by atoms with Gasteiger partial charge in [-0.25, -0.2) is 4.98 Å². The zero-order valence-corrected chi connectivity index (χ0v) is 10.9. The van der Waals surface area contributed by atoms with Gasteiger partial charge in [0.25, 0.3) is 0 Å². The predicted molar refractivity (Wildman–Crippen MR) is 72.0 cm³/mol. The minimum atomic E-state index is 0.114. The standard InChI is InChI=1S/C13H20N4O/c1-9-5-4-8-17(10(9)2)13-11(12(14)16-18)6-3-7-15-13/h3,6-7,9-10,18H,4-5,8H2,1-2H3,(H2,14,16). The van der Waals surface area contributed by atoms with Crippen molar-refractivity contribution >= 4 is 11.7 Å². The first-order chi connectivity index (χ1) is 8.65. The molecule has 1 aliphatic rings. The summed E-state index contributed by atoms with van der Waals surface area (Å²) in [4.78, 5) is 6.66. The Hall–Kier alpha value is -1.78. The second kappa shape index (κ2) is 5.25. The van der Waals surface area contributed by atoms with Crippen LogP contribution < -0.4 is 10.6 Å². The van der Waals surface area contributed by atoms with E-state index < -0.39 is 0 Å². The van der Waals surface area contributed by atoms with Crippen molar-refractivity contribution in [1.29, 1.82) is 0 Å². The summed E-state index contributed by atoms with van der Waals surface area (Å²) < 4.78 is 0. The third kappa shape index (κ3) is 2.25. The van der Waals surface area contributed by atoms with Gasteiger partial charge in [-0.3, -0.25) is 0 Å². The van der Waals surface area contributed by atoms with E-state index in [0.29, 0.717) is 17.5 Å². The molecule has 1 aromatic rings. The molecule has 2 atom stereocenters. The highest BCUT2D eigenvalue weighted by atomic mass is 16.4. The molecule has 98 valence electrons. The molecule has 5 heteroatoms. The lowest BCUT2D eigenvalue weighted by Crippen LogP contribution is -2.43. The number of nitrogens with two attached hydrogens (primary N) is 1. The number of oxime groups is 1. The van der Waals surface area contributed by atoms with E-state index in [9.17, 15) is 0 Å². The summed E-state index contributed by atoms with van der Waals surface area (Å²) in [6.07, 6.45) is 4.14. The third-order valence-corrected chi connectivity index (χ3v) is 3.82. The Morgan fingerprint density at radius 1 is 1.56 bits per heavy atom. The number of pyridine rings is 1. The van der Waals surface area contributed by atoms with Gasteiger partial charge in [0.2, 0.25) is 0 Å². The average Bonchev–Trinajstić information content (AvgIpc) is 2.41. The van der Waals surface area contributed by atoms with Crippen molar-refractivity contribution in [2.45, 2.75) is 32.7 Å². The normalized spacial score (nSPS) is 25.2. The van der Waals surface area contributed by atoms with Crippen LogP contribution in [0.2, 0.25) is 0 Å². The summed E-state index contributed by atoms with van der Waals surface area (Å²) >= 11 is 0. The fourth-order valence-corrected chi connectivity index (χ4v) is 2.51. The largest absolute Gasteiger partial charge is 0.409 e. The van der Waals surface area contributed by atoms with Crippen LogP contribution in [0.5, 0.6) is 0 Å². The summed E-state index contributed by atoms with van der Waals surface area (Å²) in [7, 11) is 0. The first kappa shape index (κ1) is 12.7. The lowest BCUT2D eigenvalue weighted by molar-refractivity contribution is 0.318. The lowest BCUT2D eigenvalue weighted by atomic mass is 9.92. The Morgan fingerprint density at radius 3 is 3.06 bits per heavy atom. The van der Waals surface area contributed by atoms with Gasteiger partial charge in [-0.2, -0.15) is 0 Å². The Morgan fingerprint density at radius 2 is 2.33 bits per heavy atom. The lowest BCUT2D eigenvalue weighted by Gasteiger charge is -2.39. The van der Waals surface area contributed by atoms with Gasteiger partial charge in [0.05, 0.1) is 5.56 Å². The van der Waals surface area contributed by atoms with Gasteiger partial charge < -0.3 is 15.8 Å². The van der Waals surface area contributed by atoms with Crippen molar-refractivity contribution in [3.8, 4) is 0 Å². The van der Waals surface area contributed by atoms with Crippen LogP contribution in [0.15, 0.2) is 23.5 Å². The monoisotopic (exact) mass is 248 g/mol. The highest BCUT2D eigenvalue weighted by molar-refractivity contribution is 6.01. The molecule has 1 aromatic heterocycles. The molecule has 0 bridgehead atoms.